The summed E-state index contributed by atoms with van der Waals surface area (Å²) in [4.78, 5) is 12.1. The summed E-state index contributed by atoms with van der Waals surface area (Å²) in [5, 5.41) is 11.3. The molecule has 0 radical (unpaired) electrons. The molecule has 1 heterocycles. The molecule has 0 aliphatic carbocycles. The van der Waals surface area contributed by atoms with E-state index in [0.29, 0.717) is 23.2 Å². The van der Waals surface area contributed by atoms with Crippen molar-refractivity contribution < 1.29 is 13.9 Å². The number of hydrogen-bond donors (Lipinski definition) is 1. The molecular formula is C15H19FN4O2S. The van der Waals surface area contributed by atoms with Crippen LogP contribution in [0, 0.1) is 5.82 Å². The minimum Gasteiger partial charge on any atom is -0.492 e. The first-order valence-electron chi connectivity index (χ1n) is 7.25. The summed E-state index contributed by atoms with van der Waals surface area (Å²) in [6.45, 7) is 6.21. The zero-order valence-corrected chi connectivity index (χ0v) is 14.1. The molecule has 0 aliphatic heterocycles. The van der Waals surface area contributed by atoms with Gasteiger partial charge in [-0.1, -0.05) is 11.8 Å². The number of halogens is 1. The van der Waals surface area contributed by atoms with Gasteiger partial charge in [0.05, 0.1) is 18.0 Å². The van der Waals surface area contributed by atoms with Gasteiger partial charge < -0.3 is 14.6 Å². The van der Waals surface area contributed by atoms with E-state index in [1.807, 2.05) is 18.4 Å². The first-order valence-corrected chi connectivity index (χ1v) is 8.24. The number of nitrogens with one attached hydrogen (secondary N) is 1. The van der Waals surface area contributed by atoms with Crippen molar-refractivity contribution in [3.8, 4) is 5.75 Å². The van der Waals surface area contributed by atoms with Gasteiger partial charge in [0.2, 0.25) is 5.91 Å². The standard InChI is InChI=1S/C15H19FN4O2S/c1-4-22-13-7-11(16)5-6-12(13)18-14(21)8-23-15-19-17-9-20(15)10(2)3/h5-7,9-10H,4,8H2,1-3H3,(H,18,21). The molecule has 1 aromatic heterocycles. The van der Waals surface area contributed by atoms with Crippen LogP contribution in [0.25, 0.3) is 0 Å². The lowest BCUT2D eigenvalue weighted by atomic mass is 10.3. The molecule has 0 bridgehead atoms. The van der Waals surface area contributed by atoms with Crippen LogP contribution in [0.3, 0.4) is 0 Å². The van der Waals surface area contributed by atoms with Gasteiger partial charge in [0.25, 0.3) is 0 Å². The molecule has 1 aromatic carbocycles. The Labute approximate surface area is 138 Å². The highest BCUT2D eigenvalue weighted by atomic mass is 32.2. The highest BCUT2D eigenvalue weighted by Crippen LogP contribution is 2.26. The van der Waals surface area contributed by atoms with Gasteiger partial charge in [-0.15, -0.1) is 10.2 Å². The second-order valence-corrected chi connectivity index (χ2v) is 5.97. The Morgan fingerprint density at radius 1 is 1.48 bits per heavy atom. The van der Waals surface area contributed by atoms with E-state index >= 15 is 0 Å². The maximum atomic E-state index is 13.2. The number of nitrogens with zero attached hydrogens (tertiary/aromatic N) is 3. The van der Waals surface area contributed by atoms with E-state index in [-0.39, 0.29) is 17.7 Å². The maximum absolute atomic E-state index is 13.2. The van der Waals surface area contributed by atoms with Gasteiger partial charge in [0.1, 0.15) is 17.9 Å². The van der Waals surface area contributed by atoms with Crippen molar-refractivity contribution in [2.75, 3.05) is 17.7 Å². The van der Waals surface area contributed by atoms with E-state index in [0.717, 1.165) is 0 Å². The number of carbonyl (C=O) groups excluding carboxylic acids is 1. The van der Waals surface area contributed by atoms with E-state index in [4.69, 9.17) is 4.74 Å². The second-order valence-electron chi connectivity index (χ2n) is 5.02. The van der Waals surface area contributed by atoms with Gasteiger partial charge in [-0.25, -0.2) is 4.39 Å². The molecule has 23 heavy (non-hydrogen) atoms. The highest BCUT2D eigenvalue weighted by molar-refractivity contribution is 7.99. The number of benzene rings is 1. The average molecular weight is 338 g/mol. The Balaban J connectivity index is 1.98. The Kier molecular flexibility index (Phi) is 5.97. The first kappa shape index (κ1) is 17.3. The predicted octanol–water partition coefficient (Wildman–Crippen LogP) is 3.13. The Morgan fingerprint density at radius 3 is 2.96 bits per heavy atom. The number of aromatic nitrogens is 3. The largest absolute Gasteiger partial charge is 0.492 e. The Morgan fingerprint density at radius 2 is 2.26 bits per heavy atom. The minimum atomic E-state index is -0.411. The van der Waals surface area contributed by atoms with Crippen LogP contribution in [0.2, 0.25) is 0 Å². The molecule has 6 nitrogen and oxygen atoms in total. The van der Waals surface area contributed by atoms with Crippen LogP contribution in [-0.2, 0) is 4.79 Å². The monoisotopic (exact) mass is 338 g/mol. The summed E-state index contributed by atoms with van der Waals surface area (Å²) in [5.74, 6) is -0.142. The van der Waals surface area contributed by atoms with Crippen LogP contribution >= 0.6 is 11.8 Å². The number of rotatable bonds is 7. The quantitative estimate of drug-likeness (QED) is 0.786. The van der Waals surface area contributed by atoms with Crippen LogP contribution < -0.4 is 10.1 Å². The van der Waals surface area contributed by atoms with E-state index < -0.39 is 5.82 Å². The van der Waals surface area contributed by atoms with Gasteiger partial charge in [0, 0.05) is 12.1 Å². The van der Waals surface area contributed by atoms with Crippen molar-refractivity contribution in [3.63, 3.8) is 0 Å². The third-order valence-electron chi connectivity index (χ3n) is 2.95. The number of amides is 1. The molecule has 0 saturated heterocycles. The summed E-state index contributed by atoms with van der Waals surface area (Å²) in [6, 6.07) is 4.24. The summed E-state index contributed by atoms with van der Waals surface area (Å²) < 4.78 is 20.5. The molecule has 0 atom stereocenters. The van der Waals surface area contributed by atoms with E-state index in [9.17, 15) is 9.18 Å². The van der Waals surface area contributed by atoms with Crippen LogP contribution in [0.5, 0.6) is 5.75 Å². The lowest BCUT2D eigenvalue weighted by molar-refractivity contribution is -0.113. The number of thioether (sulfide) groups is 1. The van der Waals surface area contributed by atoms with E-state index in [2.05, 4.69) is 15.5 Å². The molecule has 124 valence electrons. The average Bonchev–Trinajstić information content (AvgIpc) is 2.97. The molecule has 0 spiro atoms. The Hall–Kier alpha value is -2.09. The third-order valence-corrected chi connectivity index (χ3v) is 3.90. The fourth-order valence-corrected chi connectivity index (χ4v) is 2.72. The van der Waals surface area contributed by atoms with Crippen LogP contribution in [0.1, 0.15) is 26.8 Å². The maximum Gasteiger partial charge on any atom is 0.234 e. The molecule has 0 unspecified atom stereocenters. The minimum absolute atomic E-state index is 0.175. The van der Waals surface area contributed by atoms with Gasteiger partial charge in [-0.05, 0) is 32.9 Å². The van der Waals surface area contributed by atoms with Gasteiger partial charge in [-0.2, -0.15) is 0 Å². The van der Waals surface area contributed by atoms with Crippen LogP contribution in [0.4, 0.5) is 10.1 Å². The SMILES string of the molecule is CCOc1cc(F)ccc1NC(=O)CSc1nncn1C(C)C. The Bertz CT molecular complexity index is 675. The molecule has 8 heteroatoms. The van der Waals surface area contributed by atoms with Crippen molar-refractivity contribution in [3.05, 3.63) is 30.3 Å². The zero-order chi connectivity index (χ0) is 16.8. The second kappa shape index (κ2) is 7.96. The van der Waals surface area contributed by atoms with Gasteiger partial charge in [0.15, 0.2) is 5.16 Å². The topological polar surface area (TPSA) is 69.0 Å². The molecule has 0 aliphatic rings. The van der Waals surface area contributed by atoms with Gasteiger partial charge >= 0.3 is 0 Å². The number of hydrogen-bond acceptors (Lipinski definition) is 5. The fourth-order valence-electron chi connectivity index (χ4n) is 1.88. The van der Waals surface area contributed by atoms with Crippen molar-refractivity contribution in [1.82, 2.24) is 14.8 Å². The third kappa shape index (κ3) is 4.69. The number of ether oxygens (including phenoxy) is 1. The summed E-state index contributed by atoms with van der Waals surface area (Å²) in [5.41, 5.74) is 0.448. The molecule has 1 N–H and O–H groups in total. The first-order chi connectivity index (χ1) is 11.0. The normalized spacial score (nSPS) is 10.8. The highest BCUT2D eigenvalue weighted by Gasteiger charge is 2.13. The van der Waals surface area contributed by atoms with Crippen molar-refractivity contribution >= 4 is 23.4 Å². The molecule has 1 amide bonds. The molecule has 2 aromatic rings. The summed E-state index contributed by atoms with van der Waals surface area (Å²) in [7, 11) is 0. The lowest BCUT2D eigenvalue weighted by Gasteiger charge is -2.12. The predicted molar refractivity (Wildman–Crippen MR) is 87.3 cm³/mol. The summed E-state index contributed by atoms with van der Waals surface area (Å²) >= 11 is 1.29. The van der Waals surface area contributed by atoms with Gasteiger partial charge in [-0.3, -0.25) is 4.79 Å². The lowest BCUT2D eigenvalue weighted by Crippen LogP contribution is -2.15. The smallest absolute Gasteiger partial charge is 0.234 e. The van der Waals surface area contributed by atoms with Crippen molar-refractivity contribution in [2.45, 2.75) is 32.0 Å². The van der Waals surface area contributed by atoms with E-state index in [1.54, 1.807) is 13.3 Å². The van der Waals surface area contributed by atoms with Crippen molar-refractivity contribution in [2.24, 2.45) is 0 Å². The molecule has 2 rings (SSSR count). The van der Waals surface area contributed by atoms with Crippen LogP contribution in [-0.4, -0.2) is 33.0 Å². The summed E-state index contributed by atoms with van der Waals surface area (Å²) in [6.07, 6.45) is 1.64. The molecular weight excluding hydrogens is 319 g/mol. The molecule has 0 fully saturated rings. The van der Waals surface area contributed by atoms with E-state index in [1.165, 1.54) is 30.0 Å². The molecule has 0 saturated carbocycles. The zero-order valence-electron chi connectivity index (χ0n) is 13.2. The van der Waals surface area contributed by atoms with Crippen LogP contribution in [0.15, 0.2) is 29.7 Å². The number of carbonyl (C=O) groups is 1. The van der Waals surface area contributed by atoms with Crippen molar-refractivity contribution in [1.29, 1.82) is 0 Å². The number of anilines is 1. The fraction of sp³-hybridized carbons (Fsp3) is 0.400.